The third kappa shape index (κ3) is 3.52. The first-order valence-corrected chi connectivity index (χ1v) is 8.65. The fourth-order valence-corrected chi connectivity index (χ4v) is 4.26. The highest BCUT2D eigenvalue weighted by atomic mass is 32.2. The molecule has 2 aromatic heterocycles. The molecule has 0 aliphatic rings. The van der Waals surface area contributed by atoms with Gasteiger partial charge in [0.25, 0.3) is 0 Å². The van der Waals surface area contributed by atoms with Gasteiger partial charge in [-0.15, -0.1) is 11.3 Å². The third-order valence-corrected chi connectivity index (χ3v) is 5.37. The Bertz CT molecular complexity index is 717. The van der Waals surface area contributed by atoms with Crippen LogP contribution < -0.4 is 4.72 Å². The van der Waals surface area contributed by atoms with E-state index in [0.717, 1.165) is 10.9 Å². The lowest BCUT2D eigenvalue weighted by Crippen LogP contribution is -2.31. The lowest BCUT2D eigenvalue weighted by atomic mass is 10.0. The van der Waals surface area contributed by atoms with E-state index in [2.05, 4.69) is 9.71 Å². The van der Waals surface area contributed by atoms with Crippen molar-refractivity contribution in [2.24, 2.45) is 5.92 Å². The van der Waals surface area contributed by atoms with E-state index >= 15 is 0 Å². The molecule has 114 valence electrons. The van der Waals surface area contributed by atoms with E-state index in [1.54, 1.807) is 0 Å². The quantitative estimate of drug-likeness (QED) is 0.758. The zero-order valence-corrected chi connectivity index (χ0v) is 13.2. The molecule has 8 heteroatoms. The Balaban J connectivity index is 2.28. The molecular formula is C13H16N2O4S2. The minimum atomic E-state index is -3.78. The molecule has 2 heterocycles. The van der Waals surface area contributed by atoms with Crippen molar-refractivity contribution < 1.29 is 18.3 Å². The summed E-state index contributed by atoms with van der Waals surface area (Å²) in [6.45, 7) is 3.85. The zero-order valence-electron chi connectivity index (χ0n) is 11.5. The first-order chi connectivity index (χ1) is 9.81. The lowest BCUT2D eigenvalue weighted by Gasteiger charge is -2.20. The molecule has 0 aromatic carbocycles. The largest absolute Gasteiger partial charge is 0.477 e. The topological polar surface area (TPSA) is 99.3 Å². The SMILES string of the molecule is CC(C)C(NS(=O)(=O)c1c[nH]c(C(=O)O)c1)c1cccs1. The maximum Gasteiger partial charge on any atom is 0.352 e. The molecule has 0 amide bonds. The summed E-state index contributed by atoms with van der Waals surface area (Å²) < 4.78 is 27.4. The summed E-state index contributed by atoms with van der Waals surface area (Å²) >= 11 is 1.48. The Morgan fingerprint density at radius 2 is 2.14 bits per heavy atom. The van der Waals surface area contributed by atoms with E-state index in [-0.39, 0.29) is 22.5 Å². The number of aromatic amines is 1. The van der Waals surface area contributed by atoms with Crippen LogP contribution in [0, 0.1) is 5.92 Å². The maximum atomic E-state index is 12.4. The number of carboxylic acids is 1. The number of rotatable bonds is 6. The Morgan fingerprint density at radius 3 is 2.62 bits per heavy atom. The average Bonchev–Trinajstić information content (AvgIpc) is 3.06. The number of aromatic carboxylic acids is 1. The third-order valence-electron chi connectivity index (χ3n) is 3.00. The minimum absolute atomic E-state index is 0.0660. The lowest BCUT2D eigenvalue weighted by molar-refractivity contribution is 0.0691. The highest BCUT2D eigenvalue weighted by Crippen LogP contribution is 2.27. The van der Waals surface area contributed by atoms with Crippen LogP contribution in [0.2, 0.25) is 0 Å². The van der Waals surface area contributed by atoms with Crippen molar-refractivity contribution in [2.75, 3.05) is 0 Å². The van der Waals surface area contributed by atoms with Gasteiger partial charge in [0.15, 0.2) is 0 Å². The van der Waals surface area contributed by atoms with E-state index in [1.165, 1.54) is 17.5 Å². The van der Waals surface area contributed by atoms with Crippen LogP contribution in [0.15, 0.2) is 34.7 Å². The van der Waals surface area contributed by atoms with Crippen molar-refractivity contribution in [3.63, 3.8) is 0 Å². The number of hydrogen-bond acceptors (Lipinski definition) is 4. The normalized spacial score (nSPS) is 13.5. The molecule has 0 bridgehead atoms. The molecule has 2 aromatic rings. The second-order valence-corrected chi connectivity index (χ2v) is 7.61. The Hall–Kier alpha value is -1.64. The van der Waals surface area contributed by atoms with Gasteiger partial charge >= 0.3 is 5.97 Å². The number of hydrogen-bond donors (Lipinski definition) is 3. The van der Waals surface area contributed by atoms with Crippen LogP contribution >= 0.6 is 11.3 Å². The summed E-state index contributed by atoms with van der Waals surface area (Å²) in [5.74, 6) is -1.13. The maximum absolute atomic E-state index is 12.4. The highest BCUT2D eigenvalue weighted by molar-refractivity contribution is 7.89. The van der Waals surface area contributed by atoms with Crippen LogP contribution in [-0.2, 0) is 10.0 Å². The van der Waals surface area contributed by atoms with Gasteiger partial charge in [-0.05, 0) is 23.4 Å². The van der Waals surface area contributed by atoms with E-state index in [0.29, 0.717) is 0 Å². The predicted octanol–water partition coefficient (Wildman–Crippen LogP) is 2.45. The zero-order chi connectivity index (χ0) is 15.6. The fraction of sp³-hybridized carbons (Fsp3) is 0.308. The molecular weight excluding hydrogens is 312 g/mol. The second kappa shape index (κ2) is 6.00. The summed E-state index contributed by atoms with van der Waals surface area (Å²) in [6.07, 6.45) is 1.18. The molecule has 21 heavy (non-hydrogen) atoms. The number of thiophene rings is 1. The van der Waals surface area contributed by atoms with E-state index in [1.807, 2.05) is 31.4 Å². The standard InChI is InChI=1S/C13H16N2O4S2/c1-8(2)12(11-4-3-5-20-11)15-21(18,19)9-6-10(13(16)17)14-7-9/h3-8,12,14-15H,1-2H3,(H,16,17). The molecule has 0 saturated carbocycles. The molecule has 2 rings (SSSR count). The van der Waals surface area contributed by atoms with E-state index in [9.17, 15) is 13.2 Å². The van der Waals surface area contributed by atoms with Crippen molar-refractivity contribution in [3.8, 4) is 0 Å². The first kappa shape index (κ1) is 15.7. The molecule has 0 spiro atoms. The summed E-state index contributed by atoms with van der Waals surface area (Å²) in [4.78, 5) is 14.1. The fourth-order valence-electron chi connectivity index (χ4n) is 1.88. The number of carboxylic acid groups (broad SMARTS) is 1. The van der Waals surface area contributed by atoms with E-state index < -0.39 is 16.0 Å². The van der Waals surface area contributed by atoms with Crippen LogP contribution in [0.5, 0.6) is 0 Å². The summed E-state index contributed by atoms with van der Waals surface area (Å²) in [5.41, 5.74) is -0.160. The molecule has 0 fully saturated rings. The Labute approximate surface area is 126 Å². The number of aromatic nitrogens is 1. The molecule has 1 atom stereocenters. The van der Waals surface area contributed by atoms with Gasteiger partial charge in [-0.3, -0.25) is 0 Å². The molecule has 0 aliphatic heterocycles. The van der Waals surface area contributed by atoms with Gasteiger partial charge in [0.05, 0.1) is 6.04 Å². The molecule has 6 nitrogen and oxygen atoms in total. The number of nitrogens with one attached hydrogen (secondary N) is 2. The number of carbonyl (C=O) groups is 1. The van der Waals surface area contributed by atoms with Crippen LogP contribution in [0.25, 0.3) is 0 Å². The van der Waals surface area contributed by atoms with Crippen molar-refractivity contribution in [1.82, 2.24) is 9.71 Å². The smallest absolute Gasteiger partial charge is 0.352 e. The van der Waals surface area contributed by atoms with Gasteiger partial charge in [-0.25, -0.2) is 17.9 Å². The summed E-state index contributed by atoms with van der Waals surface area (Å²) in [5, 5.41) is 10.7. The molecule has 0 saturated heterocycles. The van der Waals surface area contributed by atoms with Crippen molar-refractivity contribution in [3.05, 3.63) is 40.3 Å². The van der Waals surface area contributed by atoms with Crippen molar-refractivity contribution in [1.29, 1.82) is 0 Å². The first-order valence-electron chi connectivity index (χ1n) is 6.28. The van der Waals surface area contributed by atoms with Crippen molar-refractivity contribution >= 4 is 27.3 Å². The van der Waals surface area contributed by atoms with Gasteiger partial charge in [-0.1, -0.05) is 19.9 Å². The molecule has 1 unspecified atom stereocenters. The van der Waals surface area contributed by atoms with E-state index in [4.69, 9.17) is 5.11 Å². The Kier molecular flexibility index (Phi) is 4.50. The minimum Gasteiger partial charge on any atom is -0.477 e. The van der Waals surface area contributed by atoms with Gasteiger partial charge in [0.2, 0.25) is 10.0 Å². The number of H-pyrrole nitrogens is 1. The Morgan fingerprint density at radius 1 is 1.43 bits per heavy atom. The molecule has 0 radical (unpaired) electrons. The van der Waals surface area contributed by atoms with Crippen LogP contribution in [0.3, 0.4) is 0 Å². The molecule has 0 aliphatic carbocycles. The van der Waals surface area contributed by atoms with Gasteiger partial charge in [0, 0.05) is 11.1 Å². The average molecular weight is 328 g/mol. The molecule has 3 N–H and O–H groups in total. The van der Waals surface area contributed by atoms with Crippen molar-refractivity contribution in [2.45, 2.75) is 24.8 Å². The summed E-state index contributed by atoms with van der Waals surface area (Å²) in [7, 11) is -3.78. The van der Waals surface area contributed by atoms with Crippen LogP contribution in [-0.4, -0.2) is 24.5 Å². The number of sulfonamides is 1. The van der Waals surface area contributed by atoms with Crippen LogP contribution in [0.4, 0.5) is 0 Å². The van der Waals surface area contributed by atoms with Gasteiger partial charge in [-0.2, -0.15) is 0 Å². The second-order valence-electron chi connectivity index (χ2n) is 4.91. The predicted molar refractivity (Wildman–Crippen MR) is 80.0 cm³/mol. The van der Waals surface area contributed by atoms with Gasteiger partial charge in [0.1, 0.15) is 10.6 Å². The summed E-state index contributed by atoms with van der Waals surface area (Å²) in [6, 6.07) is 4.49. The van der Waals surface area contributed by atoms with Gasteiger partial charge < -0.3 is 10.1 Å². The monoisotopic (exact) mass is 328 g/mol. The van der Waals surface area contributed by atoms with Crippen LogP contribution in [0.1, 0.15) is 35.3 Å². The highest BCUT2D eigenvalue weighted by Gasteiger charge is 2.26.